The van der Waals surface area contributed by atoms with Crippen LogP contribution in [0.5, 0.6) is 0 Å². The van der Waals surface area contributed by atoms with Crippen LogP contribution in [0.3, 0.4) is 0 Å². The monoisotopic (exact) mass is 248 g/mol. The van der Waals surface area contributed by atoms with Gasteiger partial charge in [-0.25, -0.2) is 0 Å². The maximum absolute atomic E-state index is 10.8. The summed E-state index contributed by atoms with van der Waals surface area (Å²) in [5.41, 5.74) is 0.634. The third kappa shape index (κ3) is 2.79. The quantitative estimate of drug-likeness (QED) is 0.815. The molecule has 0 fully saturated rings. The van der Waals surface area contributed by atoms with Crippen molar-refractivity contribution in [2.75, 3.05) is 11.2 Å². The first kappa shape index (κ1) is 9.48. The van der Waals surface area contributed by atoms with Gasteiger partial charge in [0.2, 0.25) is 5.91 Å². The van der Waals surface area contributed by atoms with E-state index in [1.807, 2.05) is 0 Å². The van der Waals surface area contributed by atoms with Gasteiger partial charge < -0.3 is 5.32 Å². The highest BCUT2D eigenvalue weighted by molar-refractivity contribution is 9.10. The minimum Gasteiger partial charge on any atom is -0.324 e. The minimum absolute atomic E-state index is 0.0491. The van der Waals surface area contributed by atoms with Crippen LogP contribution in [0.15, 0.2) is 22.9 Å². The number of pyridine rings is 1. The first-order valence-electron chi connectivity index (χ1n) is 3.19. The summed E-state index contributed by atoms with van der Waals surface area (Å²) in [5, 5.41) is 2.57. The fraction of sp³-hybridized carbons (Fsp3) is 0.143. The number of carbonyl (C=O) groups excluding carboxylic acids is 1. The Hall–Kier alpha value is -0.610. The standard InChI is InChI=1S/C7H6BrClN2O/c8-5-1-6(4-10-3-5)11-7(12)2-9/h1,3-4H,2H2,(H,11,12). The number of amides is 1. The van der Waals surface area contributed by atoms with E-state index in [1.54, 1.807) is 18.5 Å². The fourth-order valence-electron chi connectivity index (χ4n) is 0.675. The molecule has 0 aliphatic heterocycles. The Bertz CT molecular complexity index is 292. The Balaban J connectivity index is 2.69. The Morgan fingerprint density at radius 3 is 3.00 bits per heavy atom. The average molecular weight is 249 g/mol. The molecule has 0 unspecified atom stereocenters. The van der Waals surface area contributed by atoms with Crippen molar-refractivity contribution < 1.29 is 4.79 Å². The highest BCUT2D eigenvalue weighted by atomic mass is 79.9. The fourth-order valence-corrected chi connectivity index (χ4v) is 1.11. The molecule has 0 saturated heterocycles. The molecule has 1 rings (SSSR count). The van der Waals surface area contributed by atoms with Gasteiger partial charge in [0, 0.05) is 10.7 Å². The summed E-state index contributed by atoms with van der Waals surface area (Å²) >= 11 is 8.52. The van der Waals surface area contributed by atoms with Crippen molar-refractivity contribution in [3.63, 3.8) is 0 Å². The molecule has 0 bridgehead atoms. The Labute approximate surface area is 83.3 Å². The van der Waals surface area contributed by atoms with Crippen LogP contribution in [0.2, 0.25) is 0 Å². The van der Waals surface area contributed by atoms with Gasteiger partial charge in [0.05, 0.1) is 11.9 Å². The molecule has 1 amide bonds. The molecule has 1 heterocycles. The summed E-state index contributed by atoms with van der Waals surface area (Å²) in [6.07, 6.45) is 3.19. The molecule has 0 radical (unpaired) electrons. The second-order valence-corrected chi connectivity index (χ2v) is 3.26. The van der Waals surface area contributed by atoms with Gasteiger partial charge in [-0.3, -0.25) is 9.78 Å². The van der Waals surface area contributed by atoms with E-state index in [9.17, 15) is 4.79 Å². The van der Waals surface area contributed by atoms with Crippen molar-refractivity contribution >= 4 is 39.1 Å². The second kappa shape index (κ2) is 4.42. The highest BCUT2D eigenvalue weighted by Crippen LogP contribution is 2.13. The van der Waals surface area contributed by atoms with E-state index in [0.717, 1.165) is 4.47 Å². The molecule has 0 atom stereocenters. The third-order valence-electron chi connectivity index (χ3n) is 1.11. The zero-order valence-electron chi connectivity index (χ0n) is 6.05. The number of hydrogen-bond donors (Lipinski definition) is 1. The Morgan fingerprint density at radius 2 is 2.42 bits per heavy atom. The van der Waals surface area contributed by atoms with Gasteiger partial charge in [0.1, 0.15) is 5.88 Å². The van der Waals surface area contributed by atoms with Crippen LogP contribution in [0, 0.1) is 0 Å². The molecule has 0 aliphatic carbocycles. The van der Waals surface area contributed by atoms with Gasteiger partial charge in [-0.2, -0.15) is 0 Å². The van der Waals surface area contributed by atoms with Gasteiger partial charge in [-0.05, 0) is 22.0 Å². The maximum atomic E-state index is 10.8. The second-order valence-electron chi connectivity index (χ2n) is 2.07. The smallest absolute Gasteiger partial charge is 0.239 e. The molecule has 1 aromatic rings. The summed E-state index contributed by atoms with van der Waals surface area (Å²) in [7, 11) is 0. The summed E-state index contributed by atoms with van der Waals surface area (Å²) in [4.78, 5) is 14.7. The van der Waals surface area contributed by atoms with Crippen molar-refractivity contribution in [3.8, 4) is 0 Å². The predicted molar refractivity (Wildman–Crippen MR) is 51.3 cm³/mol. The Kier molecular flexibility index (Phi) is 3.49. The van der Waals surface area contributed by atoms with Gasteiger partial charge in [-0.15, -0.1) is 11.6 Å². The number of alkyl halides is 1. The van der Waals surface area contributed by atoms with E-state index in [0.29, 0.717) is 5.69 Å². The number of halogens is 2. The van der Waals surface area contributed by atoms with Crippen molar-refractivity contribution in [1.29, 1.82) is 0 Å². The molecule has 12 heavy (non-hydrogen) atoms. The van der Waals surface area contributed by atoms with E-state index >= 15 is 0 Å². The normalized spacial score (nSPS) is 9.50. The van der Waals surface area contributed by atoms with Crippen molar-refractivity contribution in [1.82, 2.24) is 4.98 Å². The molecule has 3 nitrogen and oxygen atoms in total. The molecule has 0 aromatic carbocycles. The van der Waals surface area contributed by atoms with E-state index in [2.05, 4.69) is 26.2 Å². The molecule has 0 spiro atoms. The first-order valence-corrected chi connectivity index (χ1v) is 4.51. The molecule has 1 aromatic heterocycles. The third-order valence-corrected chi connectivity index (χ3v) is 1.79. The number of hydrogen-bond acceptors (Lipinski definition) is 2. The summed E-state index contributed by atoms with van der Waals surface area (Å²) < 4.78 is 0.815. The van der Waals surface area contributed by atoms with E-state index in [4.69, 9.17) is 11.6 Å². The van der Waals surface area contributed by atoms with Crippen LogP contribution in [0.1, 0.15) is 0 Å². The molecule has 1 N–H and O–H groups in total. The summed E-state index contributed by atoms with van der Waals surface area (Å²) in [6, 6.07) is 1.75. The molecular weight excluding hydrogens is 243 g/mol. The van der Waals surface area contributed by atoms with E-state index in [1.165, 1.54) is 0 Å². The van der Waals surface area contributed by atoms with Crippen LogP contribution < -0.4 is 5.32 Å². The zero-order valence-corrected chi connectivity index (χ0v) is 8.39. The van der Waals surface area contributed by atoms with Gasteiger partial charge in [0.25, 0.3) is 0 Å². The van der Waals surface area contributed by atoms with Crippen LogP contribution in [-0.2, 0) is 4.79 Å². The lowest BCUT2D eigenvalue weighted by Gasteiger charge is -2.01. The van der Waals surface area contributed by atoms with Gasteiger partial charge in [0.15, 0.2) is 0 Å². The molecule has 64 valence electrons. The lowest BCUT2D eigenvalue weighted by Crippen LogP contribution is -2.12. The van der Waals surface area contributed by atoms with Crippen molar-refractivity contribution in [2.45, 2.75) is 0 Å². The average Bonchev–Trinajstić information content (AvgIpc) is 2.04. The number of rotatable bonds is 2. The highest BCUT2D eigenvalue weighted by Gasteiger charge is 1.99. The van der Waals surface area contributed by atoms with Crippen molar-refractivity contribution in [2.24, 2.45) is 0 Å². The topological polar surface area (TPSA) is 42.0 Å². The lowest BCUT2D eigenvalue weighted by molar-refractivity contribution is -0.113. The summed E-state index contributed by atoms with van der Waals surface area (Å²) in [5.74, 6) is -0.288. The molecule has 5 heteroatoms. The van der Waals surface area contributed by atoms with Crippen LogP contribution in [0.25, 0.3) is 0 Å². The molecular formula is C7H6BrClN2O. The largest absolute Gasteiger partial charge is 0.324 e. The number of nitrogens with zero attached hydrogens (tertiary/aromatic N) is 1. The number of carbonyl (C=O) groups is 1. The summed E-state index contributed by atoms with van der Waals surface area (Å²) in [6.45, 7) is 0. The van der Waals surface area contributed by atoms with E-state index in [-0.39, 0.29) is 11.8 Å². The number of anilines is 1. The maximum Gasteiger partial charge on any atom is 0.239 e. The van der Waals surface area contributed by atoms with Crippen molar-refractivity contribution in [3.05, 3.63) is 22.9 Å². The van der Waals surface area contributed by atoms with Crippen LogP contribution in [0.4, 0.5) is 5.69 Å². The Morgan fingerprint density at radius 1 is 1.67 bits per heavy atom. The number of aromatic nitrogens is 1. The SMILES string of the molecule is O=C(CCl)Nc1cncc(Br)c1. The van der Waals surface area contributed by atoms with Crippen LogP contribution >= 0.6 is 27.5 Å². The molecule has 0 aliphatic rings. The van der Waals surface area contributed by atoms with Gasteiger partial charge in [-0.1, -0.05) is 0 Å². The predicted octanol–water partition coefficient (Wildman–Crippen LogP) is 2.02. The van der Waals surface area contributed by atoms with Gasteiger partial charge >= 0.3 is 0 Å². The molecule has 0 saturated carbocycles. The number of nitrogens with one attached hydrogen (secondary N) is 1. The van der Waals surface area contributed by atoms with Crippen LogP contribution in [-0.4, -0.2) is 16.8 Å². The first-order chi connectivity index (χ1) is 5.72. The minimum atomic E-state index is -0.239. The zero-order chi connectivity index (χ0) is 8.97. The lowest BCUT2D eigenvalue weighted by atomic mass is 10.4. The van der Waals surface area contributed by atoms with E-state index < -0.39 is 0 Å².